The number of hydrogen-bond acceptors (Lipinski definition) is 3. The van der Waals surface area contributed by atoms with Crippen LogP contribution in [0.1, 0.15) is 26.2 Å². The van der Waals surface area contributed by atoms with Crippen LogP contribution in [0.3, 0.4) is 0 Å². The van der Waals surface area contributed by atoms with E-state index in [2.05, 4.69) is 10.2 Å². The standard InChI is InChI=1S/C10H21N3O/c1-8(10(11)14)13-6-4-3-5-9(13)7-12-2/h8-9,12H,3-7H2,1-2H3,(H2,11,14). The van der Waals surface area contributed by atoms with Crippen LogP contribution < -0.4 is 11.1 Å². The molecule has 2 atom stereocenters. The molecule has 0 saturated carbocycles. The Morgan fingerprint density at radius 1 is 1.64 bits per heavy atom. The summed E-state index contributed by atoms with van der Waals surface area (Å²) in [5, 5.41) is 3.17. The van der Waals surface area contributed by atoms with Gasteiger partial charge in [-0.3, -0.25) is 9.69 Å². The average Bonchev–Trinajstić information content (AvgIpc) is 2.18. The van der Waals surface area contributed by atoms with Crippen molar-refractivity contribution in [3.05, 3.63) is 0 Å². The maximum atomic E-state index is 11.1. The third kappa shape index (κ3) is 2.69. The van der Waals surface area contributed by atoms with E-state index in [-0.39, 0.29) is 11.9 Å². The summed E-state index contributed by atoms with van der Waals surface area (Å²) in [6.45, 7) is 3.84. The summed E-state index contributed by atoms with van der Waals surface area (Å²) in [4.78, 5) is 13.3. The number of likely N-dealkylation sites (N-methyl/N-ethyl adjacent to an activating group) is 1. The molecule has 0 spiro atoms. The first kappa shape index (κ1) is 11.5. The zero-order valence-electron chi connectivity index (χ0n) is 9.12. The van der Waals surface area contributed by atoms with Gasteiger partial charge in [-0.25, -0.2) is 0 Å². The minimum Gasteiger partial charge on any atom is -0.368 e. The topological polar surface area (TPSA) is 58.4 Å². The van der Waals surface area contributed by atoms with Gasteiger partial charge in [0.05, 0.1) is 6.04 Å². The third-order valence-electron chi connectivity index (χ3n) is 3.02. The van der Waals surface area contributed by atoms with Crippen molar-refractivity contribution in [1.29, 1.82) is 0 Å². The number of nitrogens with two attached hydrogens (primary N) is 1. The van der Waals surface area contributed by atoms with Gasteiger partial charge in [-0.1, -0.05) is 6.42 Å². The molecule has 4 heteroatoms. The first-order chi connectivity index (χ1) is 6.66. The average molecular weight is 199 g/mol. The number of carbonyl (C=O) groups excluding carboxylic acids is 1. The van der Waals surface area contributed by atoms with E-state index in [9.17, 15) is 4.79 Å². The van der Waals surface area contributed by atoms with Gasteiger partial charge in [-0.05, 0) is 33.4 Å². The van der Waals surface area contributed by atoms with Crippen LogP contribution in [0.15, 0.2) is 0 Å². The first-order valence-corrected chi connectivity index (χ1v) is 5.36. The van der Waals surface area contributed by atoms with Crippen molar-refractivity contribution >= 4 is 5.91 Å². The van der Waals surface area contributed by atoms with Gasteiger partial charge >= 0.3 is 0 Å². The minimum absolute atomic E-state index is 0.131. The molecule has 0 aromatic heterocycles. The van der Waals surface area contributed by atoms with E-state index in [1.807, 2.05) is 14.0 Å². The van der Waals surface area contributed by atoms with Crippen LogP contribution >= 0.6 is 0 Å². The highest BCUT2D eigenvalue weighted by Crippen LogP contribution is 2.18. The Morgan fingerprint density at radius 2 is 2.36 bits per heavy atom. The van der Waals surface area contributed by atoms with Crippen LogP contribution in [0.4, 0.5) is 0 Å². The Hall–Kier alpha value is -0.610. The lowest BCUT2D eigenvalue weighted by molar-refractivity contribution is -0.124. The molecule has 0 aliphatic carbocycles. The summed E-state index contributed by atoms with van der Waals surface area (Å²) >= 11 is 0. The number of carbonyl (C=O) groups is 1. The van der Waals surface area contributed by atoms with Crippen molar-refractivity contribution in [3.63, 3.8) is 0 Å². The highest BCUT2D eigenvalue weighted by molar-refractivity contribution is 5.79. The molecule has 0 aromatic rings. The van der Waals surface area contributed by atoms with Crippen molar-refractivity contribution in [2.24, 2.45) is 5.73 Å². The Kier molecular flexibility index (Phi) is 4.35. The molecule has 1 aliphatic rings. The molecule has 4 nitrogen and oxygen atoms in total. The predicted octanol–water partition coefficient (Wildman–Crippen LogP) is -0.0659. The molecule has 1 heterocycles. The van der Waals surface area contributed by atoms with Crippen molar-refractivity contribution < 1.29 is 4.79 Å². The second-order valence-corrected chi connectivity index (χ2v) is 4.02. The number of rotatable bonds is 4. The van der Waals surface area contributed by atoms with Crippen molar-refractivity contribution in [3.8, 4) is 0 Å². The number of nitrogens with zero attached hydrogens (tertiary/aromatic N) is 1. The maximum absolute atomic E-state index is 11.1. The van der Waals surface area contributed by atoms with Gasteiger partial charge in [0.2, 0.25) is 5.91 Å². The van der Waals surface area contributed by atoms with E-state index in [0.29, 0.717) is 6.04 Å². The molecular weight excluding hydrogens is 178 g/mol. The van der Waals surface area contributed by atoms with Crippen LogP contribution in [0, 0.1) is 0 Å². The Labute approximate surface area is 85.8 Å². The van der Waals surface area contributed by atoms with Crippen LogP contribution in [0.25, 0.3) is 0 Å². The number of nitrogens with one attached hydrogen (secondary N) is 1. The molecule has 2 unspecified atom stereocenters. The summed E-state index contributed by atoms with van der Waals surface area (Å²) < 4.78 is 0. The fourth-order valence-corrected chi connectivity index (χ4v) is 2.15. The van der Waals surface area contributed by atoms with Crippen molar-refractivity contribution in [2.45, 2.75) is 38.3 Å². The van der Waals surface area contributed by atoms with Crippen LogP contribution in [0.5, 0.6) is 0 Å². The molecule has 1 amide bonds. The number of hydrogen-bond donors (Lipinski definition) is 2. The smallest absolute Gasteiger partial charge is 0.234 e. The van der Waals surface area contributed by atoms with Gasteiger partial charge in [0.1, 0.15) is 0 Å². The first-order valence-electron chi connectivity index (χ1n) is 5.36. The van der Waals surface area contributed by atoms with Gasteiger partial charge in [0.15, 0.2) is 0 Å². The van der Waals surface area contributed by atoms with E-state index < -0.39 is 0 Å². The monoisotopic (exact) mass is 199 g/mol. The van der Waals surface area contributed by atoms with Crippen LogP contribution in [-0.4, -0.2) is 43.0 Å². The maximum Gasteiger partial charge on any atom is 0.234 e. The summed E-state index contributed by atoms with van der Waals surface area (Å²) in [7, 11) is 1.95. The Balaban J connectivity index is 2.57. The molecule has 82 valence electrons. The zero-order valence-corrected chi connectivity index (χ0v) is 9.12. The molecule has 3 N–H and O–H groups in total. The second-order valence-electron chi connectivity index (χ2n) is 4.02. The van der Waals surface area contributed by atoms with E-state index in [1.54, 1.807) is 0 Å². The summed E-state index contributed by atoms with van der Waals surface area (Å²) in [5.74, 6) is -0.215. The molecule has 0 radical (unpaired) electrons. The number of likely N-dealkylation sites (tertiary alicyclic amines) is 1. The van der Waals surface area contributed by atoms with Crippen molar-refractivity contribution in [1.82, 2.24) is 10.2 Å². The lowest BCUT2D eigenvalue weighted by atomic mass is 10.00. The molecule has 14 heavy (non-hydrogen) atoms. The SMILES string of the molecule is CNCC1CCCCN1C(C)C(N)=O. The van der Waals surface area contributed by atoms with Crippen LogP contribution in [0.2, 0.25) is 0 Å². The van der Waals surface area contributed by atoms with E-state index >= 15 is 0 Å². The predicted molar refractivity (Wildman–Crippen MR) is 56.9 cm³/mol. The van der Waals surface area contributed by atoms with Gasteiger partial charge in [0, 0.05) is 12.6 Å². The number of piperidine rings is 1. The number of primary amides is 1. The van der Waals surface area contributed by atoms with Crippen molar-refractivity contribution in [2.75, 3.05) is 20.1 Å². The van der Waals surface area contributed by atoms with Gasteiger partial charge in [0.25, 0.3) is 0 Å². The molecule has 1 aliphatic heterocycles. The summed E-state index contributed by atoms with van der Waals surface area (Å²) in [5.41, 5.74) is 5.32. The lowest BCUT2D eigenvalue weighted by Gasteiger charge is -2.38. The van der Waals surface area contributed by atoms with E-state index in [1.165, 1.54) is 19.3 Å². The van der Waals surface area contributed by atoms with E-state index in [0.717, 1.165) is 13.1 Å². The second kappa shape index (κ2) is 5.32. The summed E-state index contributed by atoms with van der Waals surface area (Å²) in [6.07, 6.45) is 3.60. The molecule has 1 fully saturated rings. The quantitative estimate of drug-likeness (QED) is 0.666. The molecule has 1 saturated heterocycles. The highest BCUT2D eigenvalue weighted by Gasteiger charge is 2.28. The van der Waals surface area contributed by atoms with Gasteiger partial charge < -0.3 is 11.1 Å². The molecular formula is C10H21N3O. The molecule has 0 bridgehead atoms. The van der Waals surface area contributed by atoms with E-state index in [4.69, 9.17) is 5.73 Å². The van der Waals surface area contributed by atoms with Crippen LogP contribution in [-0.2, 0) is 4.79 Å². The Bertz CT molecular complexity index is 194. The number of amides is 1. The van der Waals surface area contributed by atoms with Gasteiger partial charge in [-0.15, -0.1) is 0 Å². The fourth-order valence-electron chi connectivity index (χ4n) is 2.15. The lowest BCUT2D eigenvalue weighted by Crippen LogP contribution is -2.53. The summed E-state index contributed by atoms with van der Waals surface area (Å²) in [6, 6.07) is 0.338. The zero-order chi connectivity index (χ0) is 10.6. The molecule has 0 aromatic carbocycles. The Morgan fingerprint density at radius 3 is 2.93 bits per heavy atom. The fraction of sp³-hybridized carbons (Fsp3) is 0.900. The molecule has 1 rings (SSSR count). The highest BCUT2D eigenvalue weighted by atomic mass is 16.1. The largest absolute Gasteiger partial charge is 0.368 e. The normalized spacial score (nSPS) is 26.0. The van der Waals surface area contributed by atoms with Gasteiger partial charge in [-0.2, -0.15) is 0 Å². The third-order valence-corrected chi connectivity index (χ3v) is 3.02. The minimum atomic E-state index is -0.215.